The van der Waals surface area contributed by atoms with Crippen molar-refractivity contribution >= 4 is 11.8 Å². The highest BCUT2D eigenvalue weighted by Gasteiger charge is 2.13. The molecule has 120 valence electrons. The number of non-ortho nitro benzene ring substituents is 1. The smallest absolute Gasteiger partial charge is 0.413 e. The summed E-state index contributed by atoms with van der Waals surface area (Å²) >= 11 is 0. The Morgan fingerprint density at radius 1 is 1.26 bits per heavy atom. The molecule has 0 spiro atoms. The first-order valence-corrected chi connectivity index (χ1v) is 6.37. The number of nitrogens with one attached hydrogen (secondary N) is 1. The molecular weight excluding hydrogens is 300 g/mol. The number of rotatable bonds is 5. The highest BCUT2D eigenvalue weighted by Crippen LogP contribution is 2.20. The van der Waals surface area contributed by atoms with Gasteiger partial charge in [0.1, 0.15) is 11.5 Å². The molecule has 0 bridgehead atoms. The fraction of sp³-hybridized carbons (Fsp3) is 0.188. The molecule has 1 amide bonds. The van der Waals surface area contributed by atoms with Gasteiger partial charge in [0.15, 0.2) is 0 Å². The van der Waals surface area contributed by atoms with Gasteiger partial charge in [-0.05, 0) is 36.7 Å². The zero-order chi connectivity index (χ0) is 21.8. The number of carbonyl (C=O) groups excluding carboxylic acids is 1. The number of carbonyl (C=O) groups is 1. The number of nitro groups is 1. The molecule has 0 saturated carbocycles. The van der Waals surface area contributed by atoms with Crippen LogP contribution in [0, 0.1) is 10.1 Å². The molecule has 0 heterocycles. The maximum atomic E-state index is 12.1. The lowest BCUT2D eigenvalue weighted by Gasteiger charge is -2.15. The Bertz CT molecular complexity index is 883. The summed E-state index contributed by atoms with van der Waals surface area (Å²) in [6.07, 6.45) is -1.11. The molecule has 2 rings (SSSR count). The molecule has 0 aromatic heterocycles. The van der Waals surface area contributed by atoms with E-state index in [-0.39, 0.29) is 22.7 Å². The Kier molecular flexibility index (Phi) is 3.10. The molecule has 7 heteroatoms. The summed E-state index contributed by atoms with van der Waals surface area (Å²) in [6.45, 7) is -2.69. The normalized spacial score (nSPS) is 16.3. The third-order valence-electron chi connectivity index (χ3n) is 2.83. The van der Waals surface area contributed by atoms with Gasteiger partial charge in [-0.25, -0.2) is 4.79 Å². The summed E-state index contributed by atoms with van der Waals surface area (Å²) < 4.78 is 54.1. The number of hydrogen-bond donors (Lipinski definition) is 1. The molecule has 1 N–H and O–H groups in total. The van der Waals surface area contributed by atoms with Crippen molar-refractivity contribution in [2.45, 2.75) is 12.9 Å². The lowest BCUT2D eigenvalue weighted by atomic mass is 10.1. The van der Waals surface area contributed by atoms with Gasteiger partial charge in [-0.2, -0.15) is 0 Å². The van der Waals surface area contributed by atoms with Crippen LogP contribution in [0.5, 0.6) is 11.5 Å². The molecular formula is C16H16N2O5. The van der Waals surface area contributed by atoms with Crippen LogP contribution >= 0.6 is 0 Å². The fourth-order valence-electron chi connectivity index (χ4n) is 1.73. The van der Waals surface area contributed by atoms with E-state index in [4.69, 9.17) is 17.7 Å². The SMILES string of the molecule is [2H]C([2H])([2H])Oc1cccc([C@H](NC(=O)Oc2ccc([N+](=O)[O-])cc2)C([2H])([2H])[2H])c1. The maximum Gasteiger partial charge on any atom is 0.413 e. The van der Waals surface area contributed by atoms with Crippen molar-refractivity contribution in [3.05, 3.63) is 64.2 Å². The molecule has 0 radical (unpaired) electrons. The number of amides is 1. The Morgan fingerprint density at radius 2 is 2.04 bits per heavy atom. The van der Waals surface area contributed by atoms with Crippen LogP contribution < -0.4 is 14.8 Å². The molecule has 1 atom stereocenters. The van der Waals surface area contributed by atoms with E-state index in [2.05, 4.69) is 5.32 Å². The topological polar surface area (TPSA) is 90.7 Å². The monoisotopic (exact) mass is 322 g/mol. The highest BCUT2D eigenvalue weighted by molar-refractivity contribution is 5.71. The van der Waals surface area contributed by atoms with E-state index in [0.717, 1.165) is 12.1 Å². The van der Waals surface area contributed by atoms with Crippen LogP contribution in [0.3, 0.4) is 0 Å². The minimum atomic E-state index is -2.73. The van der Waals surface area contributed by atoms with Crippen LogP contribution in [0.25, 0.3) is 0 Å². The molecule has 0 fully saturated rings. The second-order valence-corrected chi connectivity index (χ2v) is 4.39. The quantitative estimate of drug-likeness (QED) is 0.672. The molecule has 0 aliphatic carbocycles. The largest absolute Gasteiger partial charge is 0.497 e. The fourth-order valence-corrected chi connectivity index (χ4v) is 1.73. The number of methoxy groups -OCH3 is 1. The first-order chi connectivity index (χ1) is 13.3. The van der Waals surface area contributed by atoms with Crippen LogP contribution in [0.15, 0.2) is 48.5 Å². The molecule has 0 aliphatic heterocycles. The summed E-state index contributed by atoms with van der Waals surface area (Å²) in [7, 11) is -2.73. The van der Waals surface area contributed by atoms with Crippen molar-refractivity contribution in [2.24, 2.45) is 0 Å². The van der Waals surface area contributed by atoms with Gasteiger partial charge in [0.05, 0.1) is 22.1 Å². The average molecular weight is 322 g/mol. The predicted octanol–water partition coefficient (Wildman–Crippen LogP) is 3.45. The third kappa shape index (κ3) is 4.44. The first-order valence-electron chi connectivity index (χ1n) is 9.37. The summed E-state index contributed by atoms with van der Waals surface area (Å²) in [5, 5.41) is 12.8. The van der Waals surface area contributed by atoms with Crippen LogP contribution in [0.4, 0.5) is 10.5 Å². The molecule has 23 heavy (non-hydrogen) atoms. The van der Waals surface area contributed by atoms with Crippen molar-refractivity contribution in [1.82, 2.24) is 5.32 Å². The van der Waals surface area contributed by atoms with Crippen LogP contribution in [-0.4, -0.2) is 18.1 Å². The number of nitrogens with zero attached hydrogens (tertiary/aromatic N) is 1. The van der Waals surface area contributed by atoms with Gasteiger partial charge in [-0.15, -0.1) is 0 Å². The van der Waals surface area contributed by atoms with E-state index < -0.39 is 30.9 Å². The van der Waals surface area contributed by atoms with Crippen molar-refractivity contribution in [3.63, 3.8) is 0 Å². The van der Waals surface area contributed by atoms with Gasteiger partial charge >= 0.3 is 6.09 Å². The lowest BCUT2D eigenvalue weighted by molar-refractivity contribution is -0.384. The number of benzene rings is 2. The summed E-state index contributed by atoms with van der Waals surface area (Å²) in [4.78, 5) is 22.2. The standard InChI is InChI=1S/C16H16N2O5/c1-11(12-4-3-5-15(10-12)22-2)17-16(19)23-14-8-6-13(7-9-14)18(20)21/h3-11H,1-2H3,(H,17,19)/t11-/m1/s1/i1D3,2D3. The van der Waals surface area contributed by atoms with Crippen LogP contribution in [0.1, 0.15) is 26.7 Å². The van der Waals surface area contributed by atoms with Crippen molar-refractivity contribution < 1.29 is 27.4 Å². The molecule has 7 nitrogen and oxygen atoms in total. The number of hydrogen-bond acceptors (Lipinski definition) is 5. The van der Waals surface area contributed by atoms with E-state index in [0.29, 0.717) is 0 Å². The summed E-state index contributed by atoms with van der Waals surface area (Å²) in [5.41, 5.74) is -0.128. The average Bonchev–Trinajstić information content (AvgIpc) is 2.58. The Morgan fingerprint density at radius 3 is 2.70 bits per heavy atom. The minimum absolute atomic E-state index is 0.0307. The predicted molar refractivity (Wildman–Crippen MR) is 83.7 cm³/mol. The van der Waals surface area contributed by atoms with Crippen LogP contribution in [0.2, 0.25) is 0 Å². The minimum Gasteiger partial charge on any atom is -0.497 e. The number of ether oxygens (including phenoxy) is 2. The Hall–Kier alpha value is -3.09. The van der Waals surface area contributed by atoms with E-state index in [1.807, 2.05) is 0 Å². The Labute approximate surface area is 141 Å². The summed E-state index contributed by atoms with van der Waals surface area (Å²) in [6, 6.07) is 8.40. The van der Waals surface area contributed by atoms with Gasteiger partial charge < -0.3 is 14.8 Å². The lowest BCUT2D eigenvalue weighted by Crippen LogP contribution is -2.29. The maximum absolute atomic E-state index is 12.1. The van der Waals surface area contributed by atoms with Gasteiger partial charge in [0.25, 0.3) is 5.69 Å². The zero-order valence-electron chi connectivity index (χ0n) is 17.7. The van der Waals surface area contributed by atoms with Crippen LogP contribution in [-0.2, 0) is 0 Å². The zero-order valence-corrected chi connectivity index (χ0v) is 11.7. The van der Waals surface area contributed by atoms with Crippen molar-refractivity contribution in [1.29, 1.82) is 0 Å². The Balaban J connectivity index is 2.18. The van der Waals surface area contributed by atoms with Gasteiger partial charge in [0.2, 0.25) is 0 Å². The number of nitro benzene ring substituents is 1. The molecule has 0 unspecified atom stereocenters. The first kappa shape index (κ1) is 9.83. The second kappa shape index (κ2) is 7.26. The third-order valence-corrected chi connectivity index (χ3v) is 2.83. The van der Waals surface area contributed by atoms with E-state index in [1.54, 1.807) is 0 Å². The van der Waals surface area contributed by atoms with E-state index >= 15 is 0 Å². The van der Waals surface area contributed by atoms with Crippen molar-refractivity contribution in [2.75, 3.05) is 7.04 Å². The highest BCUT2D eigenvalue weighted by atomic mass is 16.6. The van der Waals surface area contributed by atoms with Gasteiger partial charge in [0, 0.05) is 16.2 Å². The molecule has 0 saturated heterocycles. The van der Waals surface area contributed by atoms with E-state index in [9.17, 15) is 14.9 Å². The second-order valence-electron chi connectivity index (χ2n) is 4.39. The molecule has 2 aromatic rings. The summed E-state index contributed by atoms with van der Waals surface area (Å²) in [5.74, 6) is -0.126. The molecule has 0 aliphatic rings. The van der Waals surface area contributed by atoms with Gasteiger partial charge in [-0.1, -0.05) is 12.1 Å². The van der Waals surface area contributed by atoms with E-state index in [1.165, 1.54) is 36.4 Å². The molecule has 2 aromatic carbocycles. The van der Waals surface area contributed by atoms with Gasteiger partial charge in [-0.3, -0.25) is 10.1 Å². The van der Waals surface area contributed by atoms with Crippen molar-refractivity contribution in [3.8, 4) is 11.5 Å².